The van der Waals surface area contributed by atoms with Gasteiger partial charge >= 0.3 is 0 Å². The summed E-state index contributed by atoms with van der Waals surface area (Å²) in [5.74, 6) is 0.661. The Kier molecular flexibility index (Phi) is 3.54. The van der Waals surface area contributed by atoms with E-state index in [1.54, 1.807) is 4.68 Å². The minimum Gasteiger partial charge on any atom is -0.349 e. The van der Waals surface area contributed by atoms with E-state index in [0.29, 0.717) is 5.95 Å². The van der Waals surface area contributed by atoms with E-state index in [-0.39, 0.29) is 0 Å². The van der Waals surface area contributed by atoms with Crippen LogP contribution in [0.25, 0.3) is 5.69 Å². The van der Waals surface area contributed by atoms with Crippen LogP contribution in [0.4, 0.5) is 5.95 Å². The maximum absolute atomic E-state index is 4.09. The van der Waals surface area contributed by atoms with Crippen LogP contribution in [0.15, 0.2) is 42.5 Å². The highest BCUT2D eigenvalue weighted by atomic mass is 15.6. The summed E-state index contributed by atoms with van der Waals surface area (Å²) in [6.07, 6.45) is 3.69. The normalized spacial score (nSPS) is 13.1. The number of benzene rings is 2. The Morgan fingerprint density at radius 3 is 2.74 bits per heavy atom. The Bertz CT molecular complexity index is 820. The Labute approximate surface area is 135 Å². The van der Waals surface area contributed by atoms with Gasteiger partial charge in [0.2, 0.25) is 5.95 Å². The van der Waals surface area contributed by atoms with E-state index >= 15 is 0 Å². The molecule has 0 fully saturated rings. The molecule has 23 heavy (non-hydrogen) atoms. The predicted octanol–water partition coefficient (Wildman–Crippen LogP) is 3.07. The van der Waals surface area contributed by atoms with Crippen LogP contribution >= 0.6 is 0 Å². The van der Waals surface area contributed by atoms with Gasteiger partial charge in [0.1, 0.15) is 0 Å². The highest BCUT2D eigenvalue weighted by Crippen LogP contribution is 2.23. The zero-order chi connectivity index (χ0) is 15.6. The van der Waals surface area contributed by atoms with E-state index in [1.165, 1.54) is 41.5 Å². The number of fused-ring (bicyclic) bond motifs is 1. The number of aryl methyl sites for hydroxylation is 3. The van der Waals surface area contributed by atoms with Gasteiger partial charge in [-0.25, -0.2) is 0 Å². The molecule has 5 heteroatoms. The number of anilines is 1. The van der Waals surface area contributed by atoms with E-state index < -0.39 is 0 Å². The third-order valence-electron chi connectivity index (χ3n) is 4.36. The molecule has 0 unspecified atom stereocenters. The van der Waals surface area contributed by atoms with Crippen molar-refractivity contribution in [2.75, 3.05) is 5.32 Å². The second-order valence-corrected chi connectivity index (χ2v) is 6.06. The zero-order valence-electron chi connectivity index (χ0n) is 13.2. The standard InChI is InChI=1S/C18H19N5/c1-13-5-9-17(10-6-13)23-18(20-21-22-23)19-12-14-7-8-15-3-2-4-16(15)11-14/h5-11H,2-4,12H2,1H3,(H,19,20,22). The van der Waals surface area contributed by atoms with Crippen LogP contribution < -0.4 is 5.32 Å². The first-order valence-electron chi connectivity index (χ1n) is 7.99. The van der Waals surface area contributed by atoms with Crippen LogP contribution in [-0.4, -0.2) is 20.2 Å². The molecule has 1 N–H and O–H groups in total. The molecule has 0 aliphatic heterocycles. The number of nitrogens with zero attached hydrogens (tertiary/aromatic N) is 4. The van der Waals surface area contributed by atoms with Crippen LogP contribution in [0.3, 0.4) is 0 Å². The molecular formula is C18H19N5. The molecule has 0 radical (unpaired) electrons. The van der Waals surface area contributed by atoms with Gasteiger partial charge in [0.15, 0.2) is 0 Å². The van der Waals surface area contributed by atoms with Crippen molar-refractivity contribution in [3.05, 3.63) is 64.7 Å². The quantitative estimate of drug-likeness (QED) is 0.805. The summed E-state index contributed by atoms with van der Waals surface area (Å²) in [7, 11) is 0. The average molecular weight is 305 g/mol. The summed E-state index contributed by atoms with van der Waals surface area (Å²) in [4.78, 5) is 0. The first kappa shape index (κ1) is 13.9. The molecule has 3 aromatic rings. The van der Waals surface area contributed by atoms with E-state index in [1.807, 2.05) is 12.1 Å². The summed E-state index contributed by atoms with van der Waals surface area (Å²) in [6, 6.07) is 14.9. The van der Waals surface area contributed by atoms with Gasteiger partial charge in [0.25, 0.3) is 0 Å². The number of nitrogens with one attached hydrogen (secondary N) is 1. The number of hydrogen-bond donors (Lipinski definition) is 1. The molecule has 4 rings (SSSR count). The first-order chi connectivity index (χ1) is 11.3. The van der Waals surface area contributed by atoms with Crippen molar-refractivity contribution in [2.45, 2.75) is 32.7 Å². The molecule has 0 spiro atoms. The van der Waals surface area contributed by atoms with Gasteiger partial charge in [-0.3, -0.25) is 0 Å². The first-order valence-corrected chi connectivity index (χ1v) is 7.99. The fraction of sp³-hybridized carbons (Fsp3) is 0.278. The second kappa shape index (κ2) is 5.83. The van der Waals surface area contributed by atoms with Gasteiger partial charge in [-0.2, -0.15) is 4.68 Å². The van der Waals surface area contributed by atoms with E-state index in [4.69, 9.17) is 0 Å². The molecule has 1 aliphatic rings. The van der Waals surface area contributed by atoms with E-state index in [0.717, 1.165) is 12.2 Å². The Balaban J connectivity index is 1.52. The maximum atomic E-state index is 4.09. The lowest BCUT2D eigenvalue weighted by Gasteiger charge is -2.09. The summed E-state index contributed by atoms with van der Waals surface area (Å²) >= 11 is 0. The molecule has 0 atom stereocenters. The lowest BCUT2D eigenvalue weighted by Crippen LogP contribution is -2.07. The smallest absolute Gasteiger partial charge is 0.248 e. The lowest BCUT2D eigenvalue weighted by atomic mass is 10.1. The zero-order valence-corrected chi connectivity index (χ0v) is 13.2. The monoisotopic (exact) mass is 305 g/mol. The molecule has 0 saturated carbocycles. The Morgan fingerprint density at radius 1 is 1.04 bits per heavy atom. The van der Waals surface area contributed by atoms with E-state index in [2.05, 4.69) is 58.1 Å². The van der Waals surface area contributed by atoms with Crippen molar-refractivity contribution >= 4 is 5.95 Å². The molecule has 116 valence electrons. The third-order valence-corrected chi connectivity index (χ3v) is 4.36. The van der Waals surface area contributed by atoms with Gasteiger partial charge in [-0.15, -0.1) is 0 Å². The average Bonchev–Trinajstić information content (AvgIpc) is 3.22. The fourth-order valence-corrected chi connectivity index (χ4v) is 3.07. The molecule has 5 nitrogen and oxygen atoms in total. The topological polar surface area (TPSA) is 55.6 Å². The van der Waals surface area contributed by atoms with Crippen LogP contribution in [0, 0.1) is 6.92 Å². The number of aromatic nitrogens is 4. The minimum atomic E-state index is 0.661. The third kappa shape index (κ3) is 2.82. The van der Waals surface area contributed by atoms with Gasteiger partial charge in [-0.05, 0) is 65.4 Å². The molecule has 0 bridgehead atoms. The Hall–Kier alpha value is -2.69. The number of hydrogen-bond acceptors (Lipinski definition) is 4. The predicted molar refractivity (Wildman–Crippen MR) is 89.7 cm³/mol. The maximum Gasteiger partial charge on any atom is 0.248 e. The van der Waals surface area contributed by atoms with Crippen LogP contribution in [0.1, 0.15) is 28.7 Å². The number of rotatable bonds is 4. The molecule has 1 heterocycles. The van der Waals surface area contributed by atoms with Crippen molar-refractivity contribution in [3.63, 3.8) is 0 Å². The highest BCUT2D eigenvalue weighted by Gasteiger charge is 2.12. The van der Waals surface area contributed by atoms with Gasteiger partial charge in [0, 0.05) is 6.54 Å². The van der Waals surface area contributed by atoms with Gasteiger partial charge < -0.3 is 5.32 Å². The molecule has 1 aromatic heterocycles. The summed E-state index contributed by atoms with van der Waals surface area (Å²) in [5.41, 5.74) is 6.43. The summed E-state index contributed by atoms with van der Waals surface area (Å²) < 4.78 is 1.73. The largest absolute Gasteiger partial charge is 0.349 e. The van der Waals surface area contributed by atoms with Crippen molar-refractivity contribution < 1.29 is 0 Å². The SMILES string of the molecule is Cc1ccc(-n2nnnc2NCc2ccc3c(c2)CCC3)cc1. The minimum absolute atomic E-state index is 0.661. The van der Waals surface area contributed by atoms with Crippen molar-refractivity contribution in [1.82, 2.24) is 20.2 Å². The van der Waals surface area contributed by atoms with Gasteiger partial charge in [0.05, 0.1) is 5.69 Å². The van der Waals surface area contributed by atoms with Gasteiger partial charge in [-0.1, -0.05) is 41.0 Å². The summed E-state index contributed by atoms with van der Waals surface area (Å²) in [5, 5.41) is 15.3. The molecule has 2 aromatic carbocycles. The molecule has 0 saturated heterocycles. The number of tetrazole rings is 1. The van der Waals surface area contributed by atoms with Crippen molar-refractivity contribution in [3.8, 4) is 5.69 Å². The Morgan fingerprint density at radius 2 is 1.87 bits per heavy atom. The van der Waals surface area contributed by atoms with Crippen LogP contribution in [0.5, 0.6) is 0 Å². The molecular weight excluding hydrogens is 286 g/mol. The summed E-state index contributed by atoms with van der Waals surface area (Å²) in [6.45, 7) is 2.79. The second-order valence-electron chi connectivity index (χ2n) is 6.06. The highest BCUT2D eigenvalue weighted by molar-refractivity contribution is 5.41. The lowest BCUT2D eigenvalue weighted by molar-refractivity contribution is 0.789. The van der Waals surface area contributed by atoms with Crippen molar-refractivity contribution in [2.24, 2.45) is 0 Å². The molecule has 1 aliphatic carbocycles. The van der Waals surface area contributed by atoms with Crippen LogP contribution in [0.2, 0.25) is 0 Å². The molecule has 0 amide bonds. The van der Waals surface area contributed by atoms with E-state index in [9.17, 15) is 0 Å². The fourth-order valence-electron chi connectivity index (χ4n) is 3.07. The van der Waals surface area contributed by atoms with Crippen molar-refractivity contribution in [1.29, 1.82) is 0 Å². The van der Waals surface area contributed by atoms with Crippen LogP contribution in [-0.2, 0) is 19.4 Å².